The molecule has 0 saturated heterocycles. The number of halogens is 1. The highest BCUT2D eigenvalue weighted by Crippen LogP contribution is 2.33. The quantitative estimate of drug-likeness (QED) is 0.787. The van der Waals surface area contributed by atoms with Gasteiger partial charge in [-0.3, -0.25) is 0 Å². The zero-order chi connectivity index (χ0) is 13.0. The van der Waals surface area contributed by atoms with E-state index in [9.17, 15) is 15.0 Å². The summed E-state index contributed by atoms with van der Waals surface area (Å²) in [7, 11) is 2.54. The van der Waals surface area contributed by atoms with Crippen molar-refractivity contribution in [3.05, 3.63) is 28.8 Å². The van der Waals surface area contributed by atoms with Crippen molar-refractivity contribution >= 4 is 17.6 Å². The first-order chi connectivity index (χ1) is 8.02. The van der Waals surface area contributed by atoms with Crippen molar-refractivity contribution in [1.82, 2.24) is 0 Å². The van der Waals surface area contributed by atoms with Crippen LogP contribution in [0.1, 0.15) is 11.7 Å². The molecule has 0 aliphatic heterocycles. The lowest BCUT2D eigenvalue weighted by molar-refractivity contribution is -0.156. The van der Waals surface area contributed by atoms with Gasteiger partial charge in [0.1, 0.15) is 11.9 Å². The van der Waals surface area contributed by atoms with E-state index in [1.54, 1.807) is 12.1 Å². The van der Waals surface area contributed by atoms with Gasteiger partial charge in [-0.1, -0.05) is 23.7 Å². The first-order valence-corrected chi connectivity index (χ1v) is 5.17. The summed E-state index contributed by atoms with van der Waals surface area (Å²) in [5, 5.41) is 19.4. The second kappa shape index (κ2) is 5.86. The van der Waals surface area contributed by atoms with Crippen molar-refractivity contribution in [3.63, 3.8) is 0 Å². The van der Waals surface area contributed by atoms with Crippen molar-refractivity contribution in [2.45, 2.75) is 12.2 Å². The monoisotopic (exact) mass is 260 g/mol. The third kappa shape index (κ3) is 2.88. The van der Waals surface area contributed by atoms with Gasteiger partial charge in [-0.05, 0) is 6.07 Å². The number of hydrogen-bond donors (Lipinski definition) is 2. The van der Waals surface area contributed by atoms with E-state index < -0.39 is 18.2 Å². The SMILES string of the molecule is COC(=O)C(O)C(O)c1cccc(OC)c1Cl. The van der Waals surface area contributed by atoms with Crippen LogP contribution in [0.15, 0.2) is 18.2 Å². The standard InChI is InChI=1S/C11H13ClO5/c1-16-7-5-3-4-6(8(7)12)9(13)10(14)11(15)17-2/h3-5,9-10,13-14H,1-2H3. The summed E-state index contributed by atoms with van der Waals surface area (Å²) in [6, 6.07) is 4.68. The Morgan fingerprint density at radius 2 is 2.00 bits per heavy atom. The molecule has 0 aliphatic carbocycles. The van der Waals surface area contributed by atoms with E-state index in [0.717, 1.165) is 7.11 Å². The van der Waals surface area contributed by atoms with Crippen LogP contribution in [0.3, 0.4) is 0 Å². The fourth-order valence-electron chi connectivity index (χ4n) is 1.33. The second-order valence-electron chi connectivity index (χ2n) is 3.28. The molecule has 0 aromatic heterocycles. The van der Waals surface area contributed by atoms with Crippen LogP contribution >= 0.6 is 11.6 Å². The molecule has 0 radical (unpaired) electrons. The molecule has 2 atom stereocenters. The number of aliphatic hydroxyl groups excluding tert-OH is 2. The van der Waals surface area contributed by atoms with Crippen LogP contribution in [-0.4, -0.2) is 36.5 Å². The van der Waals surface area contributed by atoms with Gasteiger partial charge in [0, 0.05) is 5.56 Å². The molecule has 0 fully saturated rings. The molecule has 1 aromatic rings. The number of hydrogen-bond acceptors (Lipinski definition) is 5. The van der Waals surface area contributed by atoms with Crippen LogP contribution < -0.4 is 4.74 Å². The molecular formula is C11H13ClO5. The zero-order valence-electron chi connectivity index (χ0n) is 9.38. The Morgan fingerprint density at radius 3 is 2.53 bits per heavy atom. The molecule has 0 saturated carbocycles. The summed E-state index contributed by atoms with van der Waals surface area (Å²) >= 11 is 5.95. The van der Waals surface area contributed by atoms with Crippen LogP contribution in [-0.2, 0) is 9.53 Å². The van der Waals surface area contributed by atoms with E-state index in [4.69, 9.17) is 16.3 Å². The minimum absolute atomic E-state index is 0.144. The summed E-state index contributed by atoms with van der Waals surface area (Å²) in [4.78, 5) is 11.1. The number of carbonyl (C=O) groups is 1. The lowest BCUT2D eigenvalue weighted by Crippen LogP contribution is -2.29. The van der Waals surface area contributed by atoms with Crippen LogP contribution in [0.25, 0.3) is 0 Å². The molecule has 2 N–H and O–H groups in total. The highest BCUT2D eigenvalue weighted by atomic mass is 35.5. The average Bonchev–Trinajstić information content (AvgIpc) is 2.36. The van der Waals surface area contributed by atoms with Crippen molar-refractivity contribution in [2.75, 3.05) is 14.2 Å². The molecule has 1 rings (SSSR count). The zero-order valence-corrected chi connectivity index (χ0v) is 10.1. The highest BCUT2D eigenvalue weighted by Gasteiger charge is 2.28. The van der Waals surface area contributed by atoms with Crippen molar-refractivity contribution in [1.29, 1.82) is 0 Å². The maximum Gasteiger partial charge on any atom is 0.337 e. The molecule has 2 unspecified atom stereocenters. The third-order valence-corrected chi connectivity index (χ3v) is 2.68. The van der Waals surface area contributed by atoms with Crippen LogP contribution in [0.5, 0.6) is 5.75 Å². The first kappa shape index (κ1) is 13.8. The lowest BCUT2D eigenvalue weighted by atomic mass is 10.0. The Kier molecular flexibility index (Phi) is 4.74. The molecular weight excluding hydrogens is 248 g/mol. The fraction of sp³-hybridized carbons (Fsp3) is 0.364. The van der Waals surface area contributed by atoms with Crippen LogP contribution in [0.4, 0.5) is 0 Å². The Labute approximate surface area is 104 Å². The molecule has 0 aliphatic rings. The largest absolute Gasteiger partial charge is 0.495 e. The number of benzene rings is 1. The fourth-order valence-corrected chi connectivity index (χ4v) is 1.65. The van der Waals surface area contributed by atoms with Crippen molar-refractivity contribution in [3.8, 4) is 5.75 Å². The predicted octanol–water partition coefficient (Wildman–Crippen LogP) is 0.916. The number of esters is 1. The number of methoxy groups -OCH3 is 2. The normalized spacial score (nSPS) is 13.9. The van der Waals surface area contributed by atoms with Gasteiger partial charge in [0.25, 0.3) is 0 Å². The molecule has 1 aromatic carbocycles. The van der Waals surface area contributed by atoms with Gasteiger partial charge >= 0.3 is 5.97 Å². The topological polar surface area (TPSA) is 76.0 Å². The van der Waals surface area contributed by atoms with E-state index in [-0.39, 0.29) is 10.6 Å². The van der Waals surface area contributed by atoms with Gasteiger partial charge in [0.05, 0.1) is 19.2 Å². The summed E-state index contributed by atoms with van der Waals surface area (Å²) < 4.78 is 9.29. The minimum Gasteiger partial charge on any atom is -0.495 e. The number of rotatable bonds is 4. The summed E-state index contributed by atoms with van der Waals surface area (Å²) in [5.74, 6) is -0.586. The minimum atomic E-state index is -1.69. The molecule has 0 spiro atoms. The molecule has 5 nitrogen and oxygen atoms in total. The van der Waals surface area contributed by atoms with Gasteiger partial charge in [-0.25, -0.2) is 4.79 Å². The van der Waals surface area contributed by atoms with E-state index in [2.05, 4.69) is 4.74 Å². The van der Waals surface area contributed by atoms with Gasteiger partial charge in [0.15, 0.2) is 6.10 Å². The average molecular weight is 261 g/mol. The molecule has 94 valence electrons. The van der Waals surface area contributed by atoms with Gasteiger partial charge in [-0.15, -0.1) is 0 Å². The number of carbonyl (C=O) groups excluding carboxylic acids is 1. The number of aliphatic hydroxyl groups is 2. The molecule has 0 heterocycles. The second-order valence-corrected chi connectivity index (χ2v) is 3.65. The summed E-state index contributed by atoms with van der Waals surface area (Å²) in [5.41, 5.74) is 0.198. The Hall–Kier alpha value is -1.30. The molecule has 6 heteroatoms. The van der Waals surface area contributed by atoms with Gasteiger partial charge < -0.3 is 19.7 Å². The number of ether oxygens (including phenoxy) is 2. The van der Waals surface area contributed by atoms with E-state index in [0.29, 0.717) is 5.75 Å². The smallest absolute Gasteiger partial charge is 0.337 e. The maximum absolute atomic E-state index is 11.1. The molecule has 0 bridgehead atoms. The summed E-state index contributed by atoms with van der Waals surface area (Å²) in [6.07, 6.45) is -3.16. The Morgan fingerprint density at radius 1 is 1.35 bits per heavy atom. The van der Waals surface area contributed by atoms with E-state index in [1.807, 2.05) is 0 Å². The molecule has 0 amide bonds. The predicted molar refractivity (Wildman–Crippen MR) is 61.0 cm³/mol. The third-order valence-electron chi connectivity index (χ3n) is 2.27. The Bertz CT molecular complexity index is 407. The van der Waals surface area contributed by atoms with Crippen molar-refractivity contribution < 1.29 is 24.5 Å². The van der Waals surface area contributed by atoms with Crippen molar-refractivity contribution in [2.24, 2.45) is 0 Å². The van der Waals surface area contributed by atoms with Crippen LogP contribution in [0, 0.1) is 0 Å². The summed E-state index contributed by atoms with van der Waals surface area (Å²) in [6.45, 7) is 0. The van der Waals surface area contributed by atoms with E-state index >= 15 is 0 Å². The molecule has 17 heavy (non-hydrogen) atoms. The van der Waals surface area contributed by atoms with Gasteiger partial charge in [-0.2, -0.15) is 0 Å². The maximum atomic E-state index is 11.1. The van der Waals surface area contributed by atoms with Gasteiger partial charge in [0.2, 0.25) is 0 Å². The Balaban J connectivity index is 3.04. The highest BCUT2D eigenvalue weighted by molar-refractivity contribution is 6.32. The lowest BCUT2D eigenvalue weighted by Gasteiger charge is -2.18. The van der Waals surface area contributed by atoms with E-state index in [1.165, 1.54) is 13.2 Å². The first-order valence-electron chi connectivity index (χ1n) is 4.79. The van der Waals surface area contributed by atoms with Crippen LogP contribution in [0.2, 0.25) is 5.02 Å².